The Bertz CT molecular complexity index is 487. The van der Waals surface area contributed by atoms with Gasteiger partial charge in [-0.05, 0) is 19.9 Å². The number of rotatable bonds is 2. The summed E-state index contributed by atoms with van der Waals surface area (Å²) in [7, 11) is 0. The van der Waals surface area contributed by atoms with Gasteiger partial charge in [-0.1, -0.05) is 0 Å². The molecule has 0 saturated carbocycles. The van der Waals surface area contributed by atoms with E-state index in [9.17, 15) is 4.79 Å². The van der Waals surface area contributed by atoms with Crippen LogP contribution in [0.2, 0.25) is 0 Å². The Morgan fingerprint density at radius 2 is 2.36 bits per heavy atom. The van der Waals surface area contributed by atoms with E-state index < -0.39 is 0 Å². The highest BCUT2D eigenvalue weighted by Crippen LogP contribution is 2.06. The first-order valence-electron chi connectivity index (χ1n) is 4.46. The predicted molar refractivity (Wildman–Crippen MR) is 52.1 cm³/mol. The van der Waals surface area contributed by atoms with Crippen LogP contribution in [-0.2, 0) is 11.2 Å². The van der Waals surface area contributed by atoms with Gasteiger partial charge in [0.1, 0.15) is 17.3 Å². The number of carbonyl (C=O) groups is 1. The van der Waals surface area contributed by atoms with Gasteiger partial charge in [0.2, 0.25) is 0 Å². The molecule has 4 heteroatoms. The number of aromatic nitrogens is 3. The topological polar surface area (TPSA) is 47.3 Å². The first-order chi connectivity index (χ1) is 6.66. The zero-order valence-electron chi connectivity index (χ0n) is 8.19. The Kier molecular flexibility index (Phi) is 2.04. The second kappa shape index (κ2) is 3.21. The molecule has 2 rings (SSSR count). The van der Waals surface area contributed by atoms with Gasteiger partial charge in [0.05, 0.1) is 5.69 Å². The van der Waals surface area contributed by atoms with Crippen molar-refractivity contribution >= 4 is 11.4 Å². The van der Waals surface area contributed by atoms with Crippen molar-refractivity contribution in [2.24, 2.45) is 0 Å². The molecule has 72 valence electrons. The van der Waals surface area contributed by atoms with Crippen molar-refractivity contribution in [3.8, 4) is 0 Å². The Hall–Kier alpha value is -1.71. The lowest BCUT2D eigenvalue weighted by Crippen LogP contribution is -1.95. The van der Waals surface area contributed by atoms with Gasteiger partial charge < -0.3 is 0 Å². The lowest BCUT2D eigenvalue weighted by atomic mass is 10.2. The third-order valence-corrected chi connectivity index (χ3v) is 2.05. The first kappa shape index (κ1) is 8.87. The van der Waals surface area contributed by atoms with Crippen molar-refractivity contribution in [3.05, 3.63) is 30.0 Å². The molecule has 0 radical (unpaired) electrons. The van der Waals surface area contributed by atoms with Crippen LogP contribution < -0.4 is 0 Å². The summed E-state index contributed by atoms with van der Waals surface area (Å²) in [5.41, 5.74) is 1.64. The number of hydrogen-bond acceptors (Lipinski definition) is 3. The van der Waals surface area contributed by atoms with Crippen molar-refractivity contribution in [2.45, 2.75) is 20.3 Å². The number of nitrogens with zero attached hydrogens (tertiary/aromatic N) is 3. The minimum absolute atomic E-state index is 0.124. The fraction of sp³-hybridized carbons (Fsp3) is 0.300. The molecule has 0 N–H and O–H groups in total. The van der Waals surface area contributed by atoms with Crippen LogP contribution in [0.15, 0.2) is 18.5 Å². The molecule has 0 aliphatic carbocycles. The van der Waals surface area contributed by atoms with Gasteiger partial charge >= 0.3 is 0 Å². The fourth-order valence-electron chi connectivity index (χ4n) is 1.44. The number of carbonyl (C=O) groups excluding carboxylic acids is 1. The summed E-state index contributed by atoms with van der Waals surface area (Å²) in [6.45, 7) is 3.47. The highest BCUT2D eigenvalue weighted by atomic mass is 16.1. The molecule has 0 aliphatic heterocycles. The van der Waals surface area contributed by atoms with Crippen molar-refractivity contribution in [2.75, 3.05) is 0 Å². The minimum Gasteiger partial charge on any atom is -0.300 e. The monoisotopic (exact) mass is 189 g/mol. The molecule has 0 bridgehead atoms. The number of ketones is 1. The maximum atomic E-state index is 10.9. The van der Waals surface area contributed by atoms with E-state index in [2.05, 4.69) is 9.97 Å². The highest BCUT2D eigenvalue weighted by Gasteiger charge is 2.05. The summed E-state index contributed by atoms with van der Waals surface area (Å²) >= 11 is 0. The maximum Gasteiger partial charge on any atom is 0.139 e. The molecule has 4 nitrogen and oxygen atoms in total. The number of fused-ring (bicyclic) bond motifs is 1. The average molecular weight is 189 g/mol. The first-order valence-corrected chi connectivity index (χ1v) is 4.46. The van der Waals surface area contributed by atoms with Crippen molar-refractivity contribution in [1.29, 1.82) is 0 Å². The molecule has 0 fully saturated rings. The fourth-order valence-corrected chi connectivity index (χ4v) is 1.44. The average Bonchev–Trinajstić information content (AvgIpc) is 2.47. The number of hydrogen-bond donors (Lipinski definition) is 0. The van der Waals surface area contributed by atoms with E-state index in [1.807, 2.05) is 23.6 Å². The Morgan fingerprint density at radius 1 is 1.57 bits per heavy atom. The number of aryl methyl sites for hydroxylation is 1. The summed E-state index contributed by atoms with van der Waals surface area (Å²) in [5.74, 6) is 1.00. The molecule has 0 unspecified atom stereocenters. The van der Waals surface area contributed by atoms with Gasteiger partial charge in [0.25, 0.3) is 0 Å². The normalized spacial score (nSPS) is 10.7. The Balaban J connectivity index is 2.51. The molecule has 0 amide bonds. The van der Waals surface area contributed by atoms with E-state index in [1.165, 1.54) is 0 Å². The van der Waals surface area contributed by atoms with E-state index in [4.69, 9.17) is 0 Å². The standard InChI is InChI=1S/C10H11N3O/c1-7(14)5-9-6-13-8(2)11-4-3-10(13)12-9/h3-4,6H,5H2,1-2H3. The SMILES string of the molecule is CC(=O)Cc1cn2c(C)nccc2n1. The van der Waals surface area contributed by atoms with E-state index in [-0.39, 0.29) is 5.78 Å². The van der Waals surface area contributed by atoms with Crippen molar-refractivity contribution in [1.82, 2.24) is 14.4 Å². The Labute approximate surface area is 81.6 Å². The summed E-state index contributed by atoms with van der Waals surface area (Å²) in [6, 6.07) is 1.83. The maximum absolute atomic E-state index is 10.9. The number of Topliss-reactive ketones (excluding diaryl/α,β-unsaturated/α-hetero) is 1. The quantitative estimate of drug-likeness (QED) is 0.712. The van der Waals surface area contributed by atoms with Gasteiger partial charge in [-0.3, -0.25) is 9.20 Å². The lowest BCUT2D eigenvalue weighted by molar-refractivity contribution is -0.116. The van der Waals surface area contributed by atoms with E-state index in [0.29, 0.717) is 6.42 Å². The van der Waals surface area contributed by atoms with Crippen LogP contribution >= 0.6 is 0 Å². The minimum atomic E-state index is 0.124. The van der Waals surface area contributed by atoms with E-state index in [0.717, 1.165) is 17.2 Å². The van der Waals surface area contributed by atoms with Crippen LogP contribution in [0.3, 0.4) is 0 Å². The summed E-state index contributed by atoms with van der Waals surface area (Å²) in [6.07, 6.45) is 3.97. The van der Waals surface area contributed by atoms with E-state index in [1.54, 1.807) is 13.1 Å². The third kappa shape index (κ3) is 1.51. The van der Waals surface area contributed by atoms with Crippen LogP contribution in [0.4, 0.5) is 0 Å². The second-order valence-electron chi connectivity index (χ2n) is 3.33. The van der Waals surface area contributed by atoms with Gasteiger partial charge in [0.15, 0.2) is 0 Å². The summed E-state index contributed by atoms with van der Waals surface area (Å²) in [5, 5.41) is 0. The highest BCUT2D eigenvalue weighted by molar-refractivity contribution is 5.77. The van der Waals surface area contributed by atoms with Crippen LogP contribution in [0, 0.1) is 6.92 Å². The van der Waals surface area contributed by atoms with Crippen LogP contribution in [0.25, 0.3) is 5.65 Å². The van der Waals surface area contributed by atoms with Crippen LogP contribution in [0.5, 0.6) is 0 Å². The zero-order valence-corrected chi connectivity index (χ0v) is 8.19. The molecular weight excluding hydrogens is 178 g/mol. The van der Waals surface area contributed by atoms with Crippen LogP contribution in [-0.4, -0.2) is 20.2 Å². The second-order valence-corrected chi connectivity index (χ2v) is 3.33. The van der Waals surface area contributed by atoms with Crippen molar-refractivity contribution in [3.63, 3.8) is 0 Å². The molecule has 2 aromatic heterocycles. The summed E-state index contributed by atoms with van der Waals surface area (Å²) in [4.78, 5) is 19.4. The van der Waals surface area contributed by atoms with Gasteiger partial charge in [-0.2, -0.15) is 0 Å². The van der Waals surface area contributed by atoms with Gasteiger partial charge in [-0.15, -0.1) is 0 Å². The molecule has 0 spiro atoms. The van der Waals surface area contributed by atoms with E-state index >= 15 is 0 Å². The molecule has 14 heavy (non-hydrogen) atoms. The molecule has 0 aromatic carbocycles. The third-order valence-electron chi connectivity index (χ3n) is 2.05. The predicted octanol–water partition coefficient (Wildman–Crippen LogP) is 1.17. The smallest absolute Gasteiger partial charge is 0.139 e. The van der Waals surface area contributed by atoms with Gasteiger partial charge in [-0.25, -0.2) is 9.97 Å². The molecule has 0 saturated heterocycles. The molecular formula is C10H11N3O. The lowest BCUT2D eigenvalue weighted by Gasteiger charge is -1.94. The Morgan fingerprint density at radius 3 is 3.00 bits per heavy atom. The largest absolute Gasteiger partial charge is 0.300 e. The van der Waals surface area contributed by atoms with Crippen LogP contribution in [0.1, 0.15) is 18.4 Å². The zero-order chi connectivity index (χ0) is 10.1. The van der Waals surface area contributed by atoms with Crippen molar-refractivity contribution < 1.29 is 4.79 Å². The number of imidazole rings is 1. The molecule has 2 heterocycles. The van der Waals surface area contributed by atoms with Gasteiger partial charge in [0, 0.05) is 18.8 Å². The summed E-state index contributed by atoms with van der Waals surface area (Å²) < 4.78 is 1.89. The molecule has 0 aliphatic rings. The molecule has 0 atom stereocenters. The molecule has 2 aromatic rings.